The Morgan fingerprint density at radius 1 is 1.29 bits per heavy atom. The second-order valence-electron chi connectivity index (χ2n) is 6.19. The molecule has 2 aliphatic rings. The molecule has 7 nitrogen and oxygen atoms in total. The van der Waals surface area contributed by atoms with Gasteiger partial charge in [0, 0.05) is 24.7 Å². The molecule has 24 heavy (non-hydrogen) atoms. The normalized spacial score (nSPS) is 20.6. The number of benzene rings is 1. The molecule has 0 radical (unpaired) electrons. The molecule has 0 spiro atoms. The van der Waals surface area contributed by atoms with Crippen LogP contribution in [0.25, 0.3) is 0 Å². The highest BCUT2D eigenvalue weighted by Gasteiger charge is 2.30. The number of carbonyl (C=O) groups excluding carboxylic acids is 3. The van der Waals surface area contributed by atoms with Gasteiger partial charge < -0.3 is 15.5 Å². The van der Waals surface area contributed by atoms with Gasteiger partial charge in [-0.15, -0.1) is 0 Å². The van der Waals surface area contributed by atoms with Crippen molar-refractivity contribution in [3.63, 3.8) is 0 Å². The summed E-state index contributed by atoms with van der Waals surface area (Å²) in [5, 5.41) is 5.63. The van der Waals surface area contributed by atoms with Crippen molar-refractivity contribution in [2.45, 2.75) is 25.4 Å². The third-order valence-corrected chi connectivity index (χ3v) is 4.56. The average Bonchev–Trinajstić information content (AvgIpc) is 3.17. The summed E-state index contributed by atoms with van der Waals surface area (Å²) in [6.45, 7) is 1.87. The highest BCUT2D eigenvalue weighted by molar-refractivity contribution is 6.01. The lowest BCUT2D eigenvalue weighted by molar-refractivity contribution is -0.125. The fourth-order valence-corrected chi connectivity index (χ4v) is 3.27. The van der Waals surface area contributed by atoms with Gasteiger partial charge in [-0.2, -0.15) is 0 Å². The Labute approximate surface area is 141 Å². The number of amides is 4. The Morgan fingerprint density at radius 3 is 2.67 bits per heavy atom. The zero-order chi connectivity index (χ0) is 17.1. The van der Waals surface area contributed by atoms with Crippen LogP contribution in [-0.2, 0) is 11.3 Å². The molecule has 3 rings (SSSR count). The van der Waals surface area contributed by atoms with E-state index in [4.69, 9.17) is 0 Å². The Balaban J connectivity index is 1.67. The summed E-state index contributed by atoms with van der Waals surface area (Å²) >= 11 is 0. The van der Waals surface area contributed by atoms with Gasteiger partial charge in [0.15, 0.2) is 0 Å². The molecule has 2 N–H and O–H groups in total. The summed E-state index contributed by atoms with van der Waals surface area (Å²) in [4.78, 5) is 38.9. The smallest absolute Gasteiger partial charge is 0.324 e. The third-order valence-electron chi connectivity index (χ3n) is 4.56. The number of nitrogens with one attached hydrogen (secondary N) is 2. The van der Waals surface area contributed by atoms with Gasteiger partial charge in [0.25, 0.3) is 5.91 Å². The van der Waals surface area contributed by atoms with Crippen LogP contribution < -0.4 is 10.6 Å². The predicted octanol–water partition coefficient (Wildman–Crippen LogP) is 0.562. The van der Waals surface area contributed by atoms with Crippen LogP contribution in [0.3, 0.4) is 0 Å². The molecule has 0 unspecified atom stereocenters. The minimum absolute atomic E-state index is 0.0364. The molecule has 2 heterocycles. The zero-order valence-electron chi connectivity index (χ0n) is 13.7. The number of likely N-dealkylation sites (tertiary alicyclic amines) is 1. The standard InChI is InChI=1S/C17H22N4O3/c1-18-9-14-3-2-8-20(14)16(23)13-6-4-12(5-7-13)11-21-15(22)10-19-17(21)24/h4-7,14,18H,2-3,8-11H2,1H3,(H,19,24)/t14-/m1/s1. The van der Waals surface area contributed by atoms with Crippen molar-refractivity contribution < 1.29 is 14.4 Å². The zero-order valence-corrected chi connectivity index (χ0v) is 13.7. The lowest BCUT2D eigenvalue weighted by atomic mass is 10.1. The minimum Gasteiger partial charge on any atom is -0.334 e. The molecule has 0 aromatic heterocycles. The van der Waals surface area contributed by atoms with Gasteiger partial charge in [-0.3, -0.25) is 14.5 Å². The van der Waals surface area contributed by atoms with Crippen LogP contribution in [0.4, 0.5) is 4.79 Å². The first kappa shape index (κ1) is 16.4. The topological polar surface area (TPSA) is 81.8 Å². The van der Waals surface area contributed by atoms with Crippen LogP contribution in [0.2, 0.25) is 0 Å². The first-order valence-electron chi connectivity index (χ1n) is 8.23. The van der Waals surface area contributed by atoms with Crippen molar-refractivity contribution in [2.75, 3.05) is 26.7 Å². The maximum absolute atomic E-state index is 12.7. The molecular formula is C17H22N4O3. The van der Waals surface area contributed by atoms with E-state index in [9.17, 15) is 14.4 Å². The lowest BCUT2D eigenvalue weighted by Crippen LogP contribution is -2.40. The maximum Gasteiger partial charge on any atom is 0.324 e. The van der Waals surface area contributed by atoms with Gasteiger partial charge in [0.05, 0.1) is 13.1 Å². The molecule has 0 aliphatic carbocycles. The van der Waals surface area contributed by atoms with Crippen LogP contribution in [0.1, 0.15) is 28.8 Å². The largest absolute Gasteiger partial charge is 0.334 e. The Bertz CT molecular complexity index is 628. The van der Waals surface area contributed by atoms with E-state index in [1.54, 1.807) is 24.3 Å². The van der Waals surface area contributed by atoms with Gasteiger partial charge in [-0.1, -0.05) is 12.1 Å². The maximum atomic E-state index is 12.7. The van der Waals surface area contributed by atoms with Crippen LogP contribution in [-0.4, -0.2) is 60.4 Å². The minimum atomic E-state index is -0.368. The van der Waals surface area contributed by atoms with Crippen molar-refractivity contribution >= 4 is 17.8 Å². The molecule has 128 valence electrons. The number of hydrogen-bond acceptors (Lipinski definition) is 4. The molecule has 0 saturated carbocycles. The van der Waals surface area contributed by atoms with Gasteiger partial charge in [0.1, 0.15) is 0 Å². The van der Waals surface area contributed by atoms with Crippen LogP contribution >= 0.6 is 0 Å². The summed E-state index contributed by atoms with van der Waals surface area (Å²) < 4.78 is 0. The molecule has 2 aliphatic heterocycles. The number of hydrogen-bond donors (Lipinski definition) is 2. The number of likely N-dealkylation sites (N-methyl/N-ethyl adjacent to an activating group) is 1. The fraction of sp³-hybridized carbons (Fsp3) is 0.471. The van der Waals surface area contributed by atoms with Gasteiger partial charge in [0.2, 0.25) is 5.91 Å². The van der Waals surface area contributed by atoms with Crippen molar-refractivity contribution in [3.8, 4) is 0 Å². The van der Waals surface area contributed by atoms with E-state index in [2.05, 4.69) is 10.6 Å². The monoisotopic (exact) mass is 330 g/mol. The molecular weight excluding hydrogens is 308 g/mol. The summed E-state index contributed by atoms with van der Waals surface area (Å²) in [5.41, 5.74) is 1.46. The van der Waals surface area contributed by atoms with E-state index in [0.29, 0.717) is 5.56 Å². The molecule has 7 heteroatoms. The number of nitrogens with zero attached hydrogens (tertiary/aromatic N) is 2. The van der Waals surface area contributed by atoms with Crippen LogP contribution in [0, 0.1) is 0 Å². The molecule has 2 saturated heterocycles. The first-order valence-corrected chi connectivity index (χ1v) is 8.23. The Hall–Kier alpha value is -2.41. The lowest BCUT2D eigenvalue weighted by Gasteiger charge is -2.24. The Morgan fingerprint density at radius 2 is 2.04 bits per heavy atom. The Kier molecular flexibility index (Phi) is 4.80. The van der Waals surface area contributed by atoms with E-state index >= 15 is 0 Å². The molecule has 1 atom stereocenters. The average molecular weight is 330 g/mol. The van der Waals surface area contributed by atoms with Crippen molar-refractivity contribution in [3.05, 3.63) is 35.4 Å². The molecule has 0 bridgehead atoms. The SMILES string of the molecule is CNC[C@H]1CCCN1C(=O)c1ccc(CN2C(=O)CNC2=O)cc1. The van der Waals surface area contributed by atoms with Crippen molar-refractivity contribution in [1.82, 2.24) is 20.4 Å². The number of imide groups is 1. The molecule has 4 amide bonds. The van der Waals surface area contributed by atoms with Crippen LogP contribution in [0.15, 0.2) is 24.3 Å². The molecule has 1 aromatic rings. The van der Waals surface area contributed by atoms with E-state index in [0.717, 1.165) is 31.5 Å². The third kappa shape index (κ3) is 3.26. The van der Waals surface area contributed by atoms with Gasteiger partial charge in [-0.25, -0.2) is 4.79 Å². The summed E-state index contributed by atoms with van der Waals surface area (Å²) in [5.74, 6) is -0.193. The van der Waals surface area contributed by atoms with E-state index in [1.165, 1.54) is 4.90 Å². The summed E-state index contributed by atoms with van der Waals surface area (Å²) in [6, 6.07) is 7.01. The molecule has 1 aromatic carbocycles. The van der Waals surface area contributed by atoms with E-state index in [-0.39, 0.29) is 37.0 Å². The summed E-state index contributed by atoms with van der Waals surface area (Å²) in [7, 11) is 1.89. The molecule has 2 fully saturated rings. The van der Waals surface area contributed by atoms with Gasteiger partial charge in [-0.05, 0) is 37.6 Å². The van der Waals surface area contributed by atoms with Crippen LogP contribution in [0.5, 0.6) is 0 Å². The summed E-state index contributed by atoms with van der Waals surface area (Å²) in [6.07, 6.45) is 2.05. The van der Waals surface area contributed by atoms with Crippen molar-refractivity contribution in [2.24, 2.45) is 0 Å². The van der Waals surface area contributed by atoms with E-state index < -0.39 is 0 Å². The number of rotatable bonds is 5. The van der Waals surface area contributed by atoms with Crippen molar-refractivity contribution in [1.29, 1.82) is 0 Å². The van der Waals surface area contributed by atoms with Gasteiger partial charge >= 0.3 is 6.03 Å². The van der Waals surface area contributed by atoms with E-state index in [1.807, 2.05) is 11.9 Å². The second-order valence-corrected chi connectivity index (χ2v) is 6.19. The number of urea groups is 1. The highest BCUT2D eigenvalue weighted by atomic mass is 16.2. The predicted molar refractivity (Wildman–Crippen MR) is 88.4 cm³/mol. The number of carbonyl (C=O) groups is 3. The first-order chi connectivity index (χ1) is 11.6. The second kappa shape index (κ2) is 7.00. The highest BCUT2D eigenvalue weighted by Crippen LogP contribution is 2.20. The quantitative estimate of drug-likeness (QED) is 0.773. The fourth-order valence-electron chi connectivity index (χ4n) is 3.27.